The van der Waals surface area contributed by atoms with Crippen molar-refractivity contribution in [2.75, 3.05) is 5.73 Å². The molecule has 0 bridgehead atoms. The van der Waals surface area contributed by atoms with Crippen molar-refractivity contribution < 1.29 is 14.6 Å². The number of nitrogen functional groups attached to an aromatic ring is 1. The van der Waals surface area contributed by atoms with Crippen LogP contribution in [0.5, 0.6) is 0 Å². The van der Waals surface area contributed by atoms with E-state index in [2.05, 4.69) is 0 Å². The fraction of sp³-hybridized carbons (Fsp3) is 0.364. The molecule has 1 aromatic carbocycles. The Morgan fingerprint density at radius 2 is 2.13 bits per heavy atom. The van der Waals surface area contributed by atoms with Gasteiger partial charge in [0, 0.05) is 5.69 Å². The third kappa shape index (κ3) is 3.25. The molecule has 0 aliphatic rings. The van der Waals surface area contributed by atoms with Gasteiger partial charge >= 0.3 is 5.97 Å². The number of ether oxygens (including phenoxy) is 1. The summed E-state index contributed by atoms with van der Waals surface area (Å²) in [5.74, 6) is -0.657. The molecule has 1 aromatic rings. The van der Waals surface area contributed by atoms with Crippen LogP contribution in [0.15, 0.2) is 24.3 Å². The quantitative estimate of drug-likeness (QED) is 0.580. The van der Waals surface area contributed by atoms with Gasteiger partial charge in [0.2, 0.25) is 0 Å². The number of hydrogen-bond acceptors (Lipinski definition) is 4. The molecule has 0 radical (unpaired) electrons. The van der Waals surface area contributed by atoms with E-state index in [-0.39, 0.29) is 6.10 Å². The van der Waals surface area contributed by atoms with Crippen molar-refractivity contribution in [1.82, 2.24) is 0 Å². The van der Waals surface area contributed by atoms with E-state index in [1.807, 2.05) is 0 Å². The minimum atomic E-state index is -1.27. The average Bonchev–Trinajstić information content (AvgIpc) is 2.15. The number of aliphatic hydroxyl groups excluding tert-OH is 1. The van der Waals surface area contributed by atoms with Crippen LogP contribution in [0.1, 0.15) is 25.5 Å². The summed E-state index contributed by atoms with van der Waals surface area (Å²) in [6, 6.07) is 6.54. The van der Waals surface area contributed by atoms with Crippen LogP contribution in [0.2, 0.25) is 0 Å². The van der Waals surface area contributed by atoms with Crippen LogP contribution in [0.25, 0.3) is 0 Å². The molecule has 1 rings (SSSR count). The van der Waals surface area contributed by atoms with Crippen LogP contribution in [-0.4, -0.2) is 17.2 Å². The Balaban J connectivity index is 2.76. The number of anilines is 1. The van der Waals surface area contributed by atoms with Crippen LogP contribution in [-0.2, 0) is 9.53 Å². The van der Waals surface area contributed by atoms with Gasteiger partial charge in [-0.1, -0.05) is 12.1 Å². The van der Waals surface area contributed by atoms with Gasteiger partial charge in [-0.2, -0.15) is 0 Å². The van der Waals surface area contributed by atoms with E-state index in [9.17, 15) is 9.90 Å². The van der Waals surface area contributed by atoms with Crippen molar-refractivity contribution in [2.45, 2.75) is 26.1 Å². The Morgan fingerprint density at radius 3 is 2.67 bits per heavy atom. The van der Waals surface area contributed by atoms with Crippen LogP contribution in [0.3, 0.4) is 0 Å². The first-order valence-electron chi connectivity index (χ1n) is 4.74. The summed E-state index contributed by atoms with van der Waals surface area (Å²) in [5.41, 5.74) is 6.48. The monoisotopic (exact) mass is 209 g/mol. The zero-order valence-corrected chi connectivity index (χ0v) is 8.81. The van der Waals surface area contributed by atoms with Crippen molar-refractivity contribution in [2.24, 2.45) is 0 Å². The Hall–Kier alpha value is -1.55. The molecule has 3 N–H and O–H groups in total. The van der Waals surface area contributed by atoms with Crippen molar-refractivity contribution >= 4 is 11.7 Å². The van der Waals surface area contributed by atoms with E-state index in [0.29, 0.717) is 11.3 Å². The number of esters is 1. The summed E-state index contributed by atoms with van der Waals surface area (Å²) in [7, 11) is 0. The van der Waals surface area contributed by atoms with Crippen LogP contribution < -0.4 is 5.73 Å². The minimum absolute atomic E-state index is 0.242. The Labute approximate surface area is 88.7 Å². The molecule has 4 heteroatoms. The van der Waals surface area contributed by atoms with E-state index < -0.39 is 12.1 Å². The molecule has 0 spiro atoms. The van der Waals surface area contributed by atoms with Crippen LogP contribution >= 0.6 is 0 Å². The summed E-state index contributed by atoms with van der Waals surface area (Å²) in [6.45, 7) is 3.45. The molecule has 1 unspecified atom stereocenters. The van der Waals surface area contributed by atoms with Gasteiger partial charge in [-0.3, -0.25) is 0 Å². The standard InChI is InChI=1S/C11H15NO3/c1-7(2)15-11(14)10(13)8-4-3-5-9(12)6-8/h3-7,10,13H,12H2,1-2H3. The first kappa shape index (κ1) is 11.5. The second-order valence-electron chi connectivity index (χ2n) is 3.56. The van der Waals surface area contributed by atoms with Crippen molar-refractivity contribution in [3.8, 4) is 0 Å². The van der Waals surface area contributed by atoms with Gasteiger partial charge in [0.15, 0.2) is 6.10 Å². The van der Waals surface area contributed by atoms with E-state index >= 15 is 0 Å². The highest BCUT2D eigenvalue weighted by Crippen LogP contribution is 2.17. The van der Waals surface area contributed by atoms with E-state index in [4.69, 9.17) is 10.5 Å². The number of hydrogen-bond donors (Lipinski definition) is 2. The molecule has 0 saturated heterocycles. The highest BCUT2D eigenvalue weighted by atomic mass is 16.6. The van der Waals surface area contributed by atoms with Gasteiger partial charge in [0.05, 0.1) is 6.10 Å². The summed E-state index contributed by atoms with van der Waals surface area (Å²) >= 11 is 0. The average molecular weight is 209 g/mol. The first-order chi connectivity index (χ1) is 7.00. The summed E-state index contributed by atoms with van der Waals surface area (Å²) in [6.07, 6.45) is -1.51. The number of aliphatic hydroxyl groups is 1. The van der Waals surface area contributed by atoms with E-state index in [1.165, 1.54) is 0 Å². The Morgan fingerprint density at radius 1 is 1.47 bits per heavy atom. The second kappa shape index (κ2) is 4.79. The zero-order chi connectivity index (χ0) is 11.4. The lowest BCUT2D eigenvalue weighted by atomic mass is 10.1. The maximum atomic E-state index is 11.4. The molecule has 82 valence electrons. The predicted octanol–water partition coefficient (Wildman–Crippen LogP) is 1.25. The predicted molar refractivity (Wildman–Crippen MR) is 57.0 cm³/mol. The van der Waals surface area contributed by atoms with Gasteiger partial charge in [-0.15, -0.1) is 0 Å². The summed E-state index contributed by atoms with van der Waals surface area (Å²) in [5, 5.41) is 9.63. The molecule has 0 amide bonds. The maximum Gasteiger partial charge on any atom is 0.339 e. The zero-order valence-electron chi connectivity index (χ0n) is 8.81. The van der Waals surface area contributed by atoms with Crippen molar-refractivity contribution in [3.05, 3.63) is 29.8 Å². The number of benzene rings is 1. The molecule has 0 aliphatic heterocycles. The molecule has 0 aromatic heterocycles. The molecule has 4 nitrogen and oxygen atoms in total. The largest absolute Gasteiger partial charge is 0.461 e. The third-order valence-corrected chi connectivity index (χ3v) is 1.80. The number of rotatable bonds is 3. The third-order valence-electron chi connectivity index (χ3n) is 1.80. The van der Waals surface area contributed by atoms with Gasteiger partial charge in [-0.25, -0.2) is 4.79 Å². The second-order valence-corrected chi connectivity index (χ2v) is 3.56. The minimum Gasteiger partial charge on any atom is -0.461 e. The Kier molecular flexibility index (Phi) is 3.68. The maximum absolute atomic E-state index is 11.4. The first-order valence-corrected chi connectivity index (χ1v) is 4.74. The normalized spacial score (nSPS) is 12.5. The van der Waals surface area contributed by atoms with Gasteiger partial charge in [0.1, 0.15) is 0 Å². The molecule has 0 fully saturated rings. The van der Waals surface area contributed by atoms with Crippen LogP contribution in [0, 0.1) is 0 Å². The molecular formula is C11H15NO3. The highest BCUT2D eigenvalue weighted by Gasteiger charge is 2.19. The molecule has 1 atom stereocenters. The molecule has 0 aliphatic carbocycles. The van der Waals surface area contributed by atoms with E-state index in [1.54, 1.807) is 38.1 Å². The van der Waals surface area contributed by atoms with Crippen molar-refractivity contribution in [1.29, 1.82) is 0 Å². The summed E-state index contributed by atoms with van der Waals surface area (Å²) in [4.78, 5) is 11.4. The van der Waals surface area contributed by atoms with Crippen LogP contribution in [0.4, 0.5) is 5.69 Å². The van der Waals surface area contributed by atoms with Gasteiger partial charge in [0.25, 0.3) is 0 Å². The number of carbonyl (C=O) groups excluding carboxylic acids is 1. The van der Waals surface area contributed by atoms with E-state index in [0.717, 1.165) is 0 Å². The molecular weight excluding hydrogens is 194 g/mol. The Bertz CT molecular complexity index is 349. The fourth-order valence-electron chi connectivity index (χ4n) is 1.16. The van der Waals surface area contributed by atoms with Crippen molar-refractivity contribution in [3.63, 3.8) is 0 Å². The number of carbonyl (C=O) groups is 1. The lowest BCUT2D eigenvalue weighted by Gasteiger charge is -2.13. The van der Waals surface area contributed by atoms with Gasteiger partial charge < -0.3 is 15.6 Å². The number of nitrogens with two attached hydrogens (primary N) is 1. The van der Waals surface area contributed by atoms with Gasteiger partial charge in [-0.05, 0) is 31.5 Å². The lowest BCUT2D eigenvalue weighted by Crippen LogP contribution is -2.19. The molecule has 15 heavy (non-hydrogen) atoms. The smallest absolute Gasteiger partial charge is 0.339 e. The summed E-state index contributed by atoms with van der Waals surface area (Å²) < 4.78 is 4.88. The fourth-order valence-corrected chi connectivity index (χ4v) is 1.16. The lowest BCUT2D eigenvalue weighted by molar-refractivity contribution is -0.157. The SMILES string of the molecule is CC(C)OC(=O)C(O)c1cccc(N)c1. The molecule has 0 saturated carbocycles. The highest BCUT2D eigenvalue weighted by molar-refractivity contribution is 5.76. The molecule has 0 heterocycles. The topological polar surface area (TPSA) is 72.5 Å².